The second-order valence-electron chi connectivity index (χ2n) is 7.84. The molecule has 26 heavy (non-hydrogen) atoms. The molecule has 0 aromatic rings. The van der Waals surface area contributed by atoms with E-state index < -0.39 is 5.60 Å². The summed E-state index contributed by atoms with van der Waals surface area (Å²) < 4.78 is 5.43. The molecular weight excluding hydrogens is 445 g/mol. The van der Waals surface area contributed by atoms with Gasteiger partial charge in [0.15, 0.2) is 5.96 Å². The number of hydrogen-bond donors (Lipinski definition) is 2. The number of aliphatic imine (C=N–C) groups is 1. The summed E-state index contributed by atoms with van der Waals surface area (Å²) in [6.45, 7) is 13.8. The molecule has 7 nitrogen and oxygen atoms in total. The summed E-state index contributed by atoms with van der Waals surface area (Å²) in [4.78, 5) is 20.9. The van der Waals surface area contributed by atoms with Crippen LogP contribution in [0.3, 0.4) is 0 Å². The molecule has 1 aliphatic heterocycles. The van der Waals surface area contributed by atoms with Crippen LogP contribution < -0.4 is 10.6 Å². The Morgan fingerprint density at radius 1 is 1.19 bits per heavy atom. The van der Waals surface area contributed by atoms with Gasteiger partial charge in [-0.15, -0.1) is 24.0 Å². The Bertz CT molecular complexity index is 455. The van der Waals surface area contributed by atoms with E-state index in [1.807, 2.05) is 25.7 Å². The molecule has 0 radical (unpaired) electrons. The summed E-state index contributed by atoms with van der Waals surface area (Å²) in [7, 11) is 0. The largest absolute Gasteiger partial charge is 0.444 e. The van der Waals surface area contributed by atoms with Crippen molar-refractivity contribution in [2.45, 2.75) is 58.6 Å². The summed E-state index contributed by atoms with van der Waals surface area (Å²) in [6, 6.07) is 0.624. The van der Waals surface area contributed by atoms with Crippen molar-refractivity contribution in [1.29, 1.82) is 0 Å². The smallest absolute Gasteiger partial charge is 0.410 e. The lowest BCUT2D eigenvalue weighted by Gasteiger charge is -2.35. The quantitative estimate of drug-likeness (QED) is 0.264. The zero-order valence-electron chi connectivity index (χ0n) is 16.7. The van der Waals surface area contributed by atoms with E-state index in [-0.39, 0.29) is 30.1 Å². The molecule has 0 atom stereocenters. The number of ether oxygens (including phenoxy) is 1. The zero-order chi connectivity index (χ0) is 18.3. The van der Waals surface area contributed by atoms with Crippen molar-refractivity contribution < 1.29 is 9.53 Å². The van der Waals surface area contributed by atoms with Gasteiger partial charge in [-0.1, -0.05) is 0 Å². The van der Waals surface area contributed by atoms with Crippen LogP contribution in [0.15, 0.2) is 4.99 Å². The highest BCUT2D eigenvalue weighted by Crippen LogP contribution is 2.18. The van der Waals surface area contributed by atoms with E-state index in [4.69, 9.17) is 4.74 Å². The molecule has 0 aromatic carbocycles. The molecule has 2 N–H and O–H groups in total. The maximum atomic E-state index is 12.1. The lowest BCUT2D eigenvalue weighted by molar-refractivity contribution is 0.0145. The third-order valence-corrected chi connectivity index (χ3v) is 4.19. The first-order chi connectivity index (χ1) is 11.9. The van der Waals surface area contributed by atoms with Gasteiger partial charge in [-0.3, -0.25) is 9.89 Å². The SMILES string of the molecule is CCNC(=NCCCN1CCN(C(=O)OC(C)(C)C)CC1)NC1CC1.I. The van der Waals surface area contributed by atoms with Gasteiger partial charge in [-0.05, 0) is 47.0 Å². The number of guanidine groups is 1. The molecule has 2 aliphatic rings. The number of carbonyl (C=O) groups is 1. The highest BCUT2D eigenvalue weighted by Gasteiger charge is 2.25. The fourth-order valence-corrected chi connectivity index (χ4v) is 2.71. The molecule has 1 heterocycles. The number of hydrogen-bond acceptors (Lipinski definition) is 4. The summed E-state index contributed by atoms with van der Waals surface area (Å²) in [5, 5.41) is 6.73. The zero-order valence-corrected chi connectivity index (χ0v) is 19.0. The Morgan fingerprint density at radius 2 is 1.85 bits per heavy atom. The van der Waals surface area contributed by atoms with Gasteiger partial charge in [0, 0.05) is 51.9 Å². The minimum Gasteiger partial charge on any atom is -0.444 e. The van der Waals surface area contributed by atoms with Crippen LogP contribution >= 0.6 is 24.0 Å². The van der Waals surface area contributed by atoms with Gasteiger partial charge < -0.3 is 20.3 Å². The Balaban J connectivity index is 0.00000338. The second-order valence-corrected chi connectivity index (χ2v) is 7.84. The van der Waals surface area contributed by atoms with E-state index in [1.54, 1.807) is 0 Å². The van der Waals surface area contributed by atoms with Gasteiger partial charge >= 0.3 is 6.09 Å². The van der Waals surface area contributed by atoms with Gasteiger partial charge in [-0.2, -0.15) is 0 Å². The summed E-state index contributed by atoms with van der Waals surface area (Å²) >= 11 is 0. The topological polar surface area (TPSA) is 69.2 Å². The van der Waals surface area contributed by atoms with Gasteiger partial charge in [0.25, 0.3) is 0 Å². The Kier molecular flexibility index (Phi) is 9.99. The third kappa shape index (κ3) is 9.25. The van der Waals surface area contributed by atoms with Gasteiger partial charge in [0.1, 0.15) is 5.60 Å². The predicted octanol–water partition coefficient (Wildman–Crippen LogP) is 2.26. The average Bonchev–Trinajstić information content (AvgIpc) is 3.34. The van der Waals surface area contributed by atoms with Crippen LogP contribution in [-0.2, 0) is 4.74 Å². The molecule has 1 aliphatic carbocycles. The van der Waals surface area contributed by atoms with Crippen molar-refractivity contribution in [2.24, 2.45) is 4.99 Å². The van der Waals surface area contributed by atoms with Crippen LogP contribution in [0, 0.1) is 0 Å². The van der Waals surface area contributed by atoms with E-state index in [1.165, 1.54) is 12.8 Å². The number of carbonyl (C=O) groups excluding carboxylic acids is 1. The highest BCUT2D eigenvalue weighted by atomic mass is 127. The van der Waals surface area contributed by atoms with Crippen LogP contribution in [0.4, 0.5) is 4.79 Å². The van der Waals surface area contributed by atoms with Gasteiger partial charge in [0.05, 0.1) is 0 Å². The average molecular weight is 481 g/mol. The van der Waals surface area contributed by atoms with Crippen molar-refractivity contribution in [1.82, 2.24) is 20.4 Å². The van der Waals surface area contributed by atoms with Crippen LogP contribution in [0.1, 0.15) is 47.0 Å². The second kappa shape index (κ2) is 11.2. The summed E-state index contributed by atoms with van der Waals surface area (Å²) in [5.74, 6) is 0.944. The Morgan fingerprint density at radius 3 is 2.38 bits per heavy atom. The molecule has 1 saturated carbocycles. The fourth-order valence-electron chi connectivity index (χ4n) is 2.71. The number of rotatable bonds is 6. The normalized spacial score (nSPS) is 18.9. The standard InChI is InChI=1S/C18H35N5O2.HI/c1-5-19-16(21-15-7-8-15)20-9-6-10-22-11-13-23(14-12-22)17(24)25-18(2,3)4;/h15H,5-14H2,1-4H3,(H2,19,20,21);1H. The molecule has 1 saturated heterocycles. The third-order valence-electron chi connectivity index (χ3n) is 4.19. The Labute approximate surface area is 175 Å². The monoisotopic (exact) mass is 481 g/mol. The number of halogens is 1. The van der Waals surface area contributed by atoms with Crippen molar-refractivity contribution in [3.8, 4) is 0 Å². The molecule has 152 valence electrons. The lowest BCUT2D eigenvalue weighted by Crippen LogP contribution is -2.50. The first kappa shape index (κ1) is 23.3. The molecule has 0 unspecified atom stereocenters. The van der Waals surface area contributed by atoms with E-state index in [0.717, 1.165) is 58.2 Å². The molecule has 0 aromatic heterocycles. The van der Waals surface area contributed by atoms with E-state index >= 15 is 0 Å². The summed E-state index contributed by atoms with van der Waals surface area (Å²) in [6.07, 6.45) is 3.35. The van der Waals surface area contributed by atoms with Crippen molar-refractivity contribution in [2.75, 3.05) is 45.8 Å². The van der Waals surface area contributed by atoms with E-state index in [9.17, 15) is 4.79 Å². The fraction of sp³-hybridized carbons (Fsp3) is 0.889. The molecule has 2 fully saturated rings. The van der Waals surface area contributed by atoms with Crippen LogP contribution in [0.25, 0.3) is 0 Å². The minimum absolute atomic E-state index is 0. The first-order valence-corrected chi connectivity index (χ1v) is 9.62. The van der Waals surface area contributed by atoms with Crippen molar-refractivity contribution in [3.05, 3.63) is 0 Å². The predicted molar refractivity (Wildman–Crippen MR) is 116 cm³/mol. The van der Waals surface area contributed by atoms with Gasteiger partial charge in [0.2, 0.25) is 0 Å². The van der Waals surface area contributed by atoms with Crippen LogP contribution in [-0.4, -0.2) is 79.3 Å². The van der Waals surface area contributed by atoms with E-state index in [0.29, 0.717) is 6.04 Å². The van der Waals surface area contributed by atoms with E-state index in [2.05, 4.69) is 27.4 Å². The molecule has 0 bridgehead atoms. The number of piperazine rings is 1. The number of nitrogens with one attached hydrogen (secondary N) is 2. The van der Waals surface area contributed by atoms with Crippen LogP contribution in [0.5, 0.6) is 0 Å². The molecule has 8 heteroatoms. The summed E-state index contributed by atoms with van der Waals surface area (Å²) in [5.41, 5.74) is -0.426. The van der Waals surface area contributed by atoms with Crippen molar-refractivity contribution >= 4 is 36.0 Å². The minimum atomic E-state index is -0.426. The Hall–Kier alpha value is -0.770. The first-order valence-electron chi connectivity index (χ1n) is 9.62. The molecule has 2 rings (SSSR count). The van der Waals surface area contributed by atoms with Crippen molar-refractivity contribution in [3.63, 3.8) is 0 Å². The maximum absolute atomic E-state index is 12.1. The number of nitrogens with zero attached hydrogens (tertiary/aromatic N) is 3. The molecular formula is C18H36IN5O2. The lowest BCUT2D eigenvalue weighted by atomic mass is 10.2. The highest BCUT2D eigenvalue weighted by molar-refractivity contribution is 14.0. The maximum Gasteiger partial charge on any atom is 0.410 e. The molecule has 0 spiro atoms. The van der Waals surface area contributed by atoms with Gasteiger partial charge in [-0.25, -0.2) is 4.79 Å². The number of amides is 1. The van der Waals surface area contributed by atoms with Crippen LogP contribution in [0.2, 0.25) is 0 Å². The molecule has 1 amide bonds.